The Kier molecular flexibility index (Phi) is 4.24. The molecule has 0 radical (unpaired) electrons. The van der Waals surface area contributed by atoms with Crippen molar-refractivity contribution in [2.75, 3.05) is 0 Å². The first-order chi connectivity index (χ1) is 11.4. The van der Waals surface area contributed by atoms with Gasteiger partial charge in [-0.1, -0.05) is 15.9 Å². The Morgan fingerprint density at radius 1 is 1.38 bits per heavy atom. The summed E-state index contributed by atoms with van der Waals surface area (Å²) in [6.45, 7) is 3.56. The zero-order valence-corrected chi connectivity index (χ0v) is 14.9. The van der Waals surface area contributed by atoms with E-state index in [1.165, 1.54) is 10.6 Å². The molecule has 1 N–H and O–H groups in total. The largest absolute Gasteiger partial charge is 0.485 e. The van der Waals surface area contributed by atoms with E-state index in [0.717, 1.165) is 5.56 Å². The minimum atomic E-state index is -0.938. The smallest absolute Gasteiger partial charge is 0.251 e. The maximum absolute atomic E-state index is 12.5. The van der Waals surface area contributed by atoms with E-state index in [1.807, 2.05) is 6.07 Å². The maximum atomic E-state index is 12.5. The highest BCUT2D eigenvalue weighted by Crippen LogP contribution is 2.41. The van der Waals surface area contributed by atoms with Crippen molar-refractivity contribution in [1.82, 2.24) is 4.57 Å². The maximum Gasteiger partial charge on any atom is 0.251 e. The molecule has 0 spiro atoms. The lowest BCUT2D eigenvalue weighted by atomic mass is 9.85. The first kappa shape index (κ1) is 16.7. The van der Waals surface area contributed by atoms with E-state index in [9.17, 15) is 9.90 Å². The standard InChI is InChI=1S/C18H17BrN2O3/c1-18(2)17(23)16(21-6-5-11(9-19)8-15(21)22)13-7-12(10-20)3-4-14(13)24-18/h3-8,16-17,23H,9H2,1-2H3/t16-,17+/m1/s1. The van der Waals surface area contributed by atoms with Crippen molar-refractivity contribution in [2.24, 2.45) is 0 Å². The average Bonchev–Trinajstić information content (AvgIpc) is 2.56. The number of ether oxygens (including phenoxy) is 1. The van der Waals surface area contributed by atoms with Crippen molar-refractivity contribution in [1.29, 1.82) is 5.26 Å². The van der Waals surface area contributed by atoms with Gasteiger partial charge < -0.3 is 14.4 Å². The fourth-order valence-corrected chi connectivity index (χ4v) is 3.33. The highest BCUT2D eigenvalue weighted by molar-refractivity contribution is 9.08. The lowest BCUT2D eigenvalue weighted by Gasteiger charge is -2.42. The number of rotatable bonds is 2. The highest BCUT2D eigenvalue weighted by atomic mass is 79.9. The molecule has 1 aromatic heterocycles. The lowest BCUT2D eigenvalue weighted by molar-refractivity contribution is -0.0642. The van der Waals surface area contributed by atoms with Gasteiger partial charge in [0.15, 0.2) is 0 Å². The Bertz CT molecular complexity index is 883. The molecule has 0 amide bonds. The molecule has 2 atom stereocenters. The number of aliphatic hydroxyl groups is 1. The summed E-state index contributed by atoms with van der Waals surface area (Å²) in [5, 5.41) is 20.6. The quantitative estimate of drug-likeness (QED) is 0.802. The minimum absolute atomic E-state index is 0.206. The Hall–Kier alpha value is -2.10. The van der Waals surface area contributed by atoms with E-state index >= 15 is 0 Å². The Morgan fingerprint density at radius 3 is 2.75 bits per heavy atom. The number of pyridine rings is 1. The van der Waals surface area contributed by atoms with Gasteiger partial charge in [-0.15, -0.1) is 0 Å². The van der Waals surface area contributed by atoms with Crippen molar-refractivity contribution < 1.29 is 9.84 Å². The third-order valence-electron chi connectivity index (χ3n) is 4.31. The summed E-state index contributed by atoms with van der Waals surface area (Å²) >= 11 is 3.33. The normalized spacial score (nSPS) is 21.5. The van der Waals surface area contributed by atoms with Gasteiger partial charge in [-0.05, 0) is 43.7 Å². The average molecular weight is 389 g/mol. The minimum Gasteiger partial charge on any atom is -0.485 e. The third-order valence-corrected chi connectivity index (χ3v) is 4.96. The number of aromatic nitrogens is 1. The Labute approximate surface area is 148 Å². The highest BCUT2D eigenvalue weighted by Gasteiger charge is 2.44. The molecule has 124 valence electrons. The number of nitrogens with zero attached hydrogens (tertiary/aromatic N) is 2. The summed E-state index contributed by atoms with van der Waals surface area (Å²) in [7, 11) is 0. The Balaban J connectivity index is 2.22. The number of benzene rings is 1. The van der Waals surface area contributed by atoms with Gasteiger partial charge in [-0.25, -0.2) is 0 Å². The number of nitriles is 1. The summed E-state index contributed by atoms with van der Waals surface area (Å²) in [5.74, 6) is 0.575. The van der Waals surface area contributed by atoms with Crippen LogP contribution in [0.4, 0.5) is 0 Å². The molecular formula is C18H17BrN2O3. The molecule has 0 unspecified atom stereocenters. The molecule has 1 aliphatic rings. The van der Waals surface area contributed by atoms with Crippen molar-refractivity contribution >= 4 is 15.9 Å². The lowest BCUT2D eigenvalue weighted by Crippen LogP contribution is -2.52. The fourth-order valence-electron chi connectivity index (χ4n) is 2.98. The van der Waals surface area contributed by atoms with Crippen LogP contribution in [0.2, 0.25) is 0 Å². The predicted molar refractivity (Wildman–Crippen MR) is 93.3 cm³/mol. The molecule has 0 saturated carbocycles. The van der Waals surface area contributed by atoms with Crippen molar-refractivity contribution in [3.8, 4) is 11.8 Å². The summed E-state index contributed by atoms with van der Waals surface area (Å²) in [6.07, 6.45) is 0.739. The molecule has 2 heterocycles. The van der Waals surface area contributed by atoms with Crippen molar-refractivity contribution in [3.63, 3.8) is 0 Å². The number of aliphatic hydroxyl groups excluding tert-OH is 1. The van der Waals surface area contributed by atoms with Crippen LogP contribution in [-0.4, -0.2) is 21.4 Å². The number of halogens is 1. The van der Waals surface area contributed by atoms with E-state index in [2.05, 4.69) is 22.0 Å². The van der Waals surface area contributed by atoms with E-state index in [0.29, 0.717) is 22.2 Å². The summed E-state index contributed by atoms with van der Waals surface area (Å²) < 4.78 is 7.39. The molecule has 2 aromatic rings. The van der Waals surface area contributed by atoms with Gasteiger partial charge >= 0.3 is 0 Å². The van der Waals surface area contributed by atoms with Crippen LogP contribution < -0.4 is 10.3 Å². The molecule has 24 heavy (non-hydrogen) atoms. The molecule has 0 aliphatic carbocycles. The van der Waals surface area contributed by atoms with Gasteiger partial charge in [-0.2, -0.15) is 5.26 Å². The van der Waals surface area contributed by atoms with Gasteiger partial charge in [0, 0.05) is 23.2 Å². The van der Waals surface area contributed by atoms with Crippen molar-refractivity contribution in [2.45, 2.75) is 36.9 Å². The fraction of sp³-hybridized carbons (Fsp3) is 0.333. The van der Waals surface area contributed by atoms with Gasteiger partial charge in [0.1, 0.15) is 17.5 Å². The van der Waals surface area contributed by atoms with Crippen LogP contribution in [0, 0.1) is 11.3 Å². The van der Waals surface area contributed by atoms with Crippen molar-refractivity contribution in [3.05, 3.63) is 63.6 Å². The predicted octanol–water partition coefficient (Wildman–Crippen LogP) is 2.74. The molecule has 6 heteroatoms. The van der Waals surface area contributed by atoms with Crippen LogP contribution in [0.15, 0.2) is 41.3 Å². The first-order valence-corrected chi connectivity index (χ1v) is 8.67. The molecule has 0 bridgehead atoms. The molecule has 1 aliphatic heterocycles. The van der Waals surface area contributed by atoms with Crippen LogP contribution in [0.1, 0.15) is 36.6 Å². The summed E-state index contributed by atoms with van der Waals surface area (Å²) in [4.78, 5) is 12.5. The van der Waals surface area contributed by atoms with Gasteiger partial charge in [-0.3, -0.25) is 4.79 Å². The zero-order chi connectivity index (χ0) is 17.5. The molecule has 1 aromatic carbocycles. The topological polar surface area (TPSA) is 75.2 Å². The number of alkyl halides is 1. The molecule has 5 nitrogen and oxygen atoms in total. The number of hydrogen-bond donors (Lipinski definition) is 1. The summed E-state index contributed by atoms with van der Waals surface area (Å²) in [6, 6.07) is 9.89. The monoisotopic (exact) mass is 388 g/mol. The molecular weight excluding hydrogens is 372 g/mol. The Morgan fingerprint density at radius 2 is 2.12 bits per heavy atom. The number of hydrogen-bond acceptors (Lipinski definition) is 4. The zero-order valence-electron chi connectivity index (χ0n) is 13.4. The number of fused-ring (bicyclic) bond motifs is 1. The second-order valence-corrected chi connectivity index (χ2v) is 6.93. The SMILES string of the molecule is CC1(C)Oc2ccc(C#N)cc2[C@@H](n2ccc(CBr)cc2=O)[C@@H]1O. The van der Waals surface area contributed by atoms with E-state index < -0.39 is 17.7 Å². The van der Waals surface area contributed by atoms with Crippen LogP contribution in [0.25, 0.3) is 0 Å². The van der Waals surface area contributed by atoms with Crippen LogP contribution >= 0.6 is 15.9 Å². The van der Waals surface area contributed by atoms with Gasteiger partial charge in [0.2, 0.25) is 0 Å². The second-order valence-electron chi connectivity index (χ2n) is 6.37. The van der Waals surface area contributed by atoms with Gasteiger partial charge in [0.05, 0.1) is 17.7 Å². The van der Waals surface area contributed by atoms with E-state index in [4.69, 9.17) is 10.00 Å². The molecule has 3 rings (SSSR count). The first-order valence-electron chi connectivity index (χ1n) is 7.55. The third kappa shape index (κ3) is 2.74. The summed E-state index contributed by atoms with van der Waals surface area (Å²) in [5.41, 5.74) is 0.887. The van der Waals surface area contributed by atoms with E-state index in [1.54, 1.807) is 38.2 Å². The van der Waals surface area contributed by atoms with Crippen LogP contribution in [0.5, 0.6) is 5.75 Å². The second kappa shape index (κ2) is 6.08. The molecule has 0 fully saturated rings. The molecule has 0 saturated heterocycles. The van der Waals surface area contributed by atoms with Gasteiger partial charge in [0.25, 0.3) is 5.56 Å². The van der Waals surface area contributed by atoms with E-state index in [-0.39, 0.29) is 5.56 Å². The van der Waals surface area contributed by atoms with Crippen LogP contribution in [0.3, 0.4) is 0 Å². The van der Waals surface area contributed by atoms with Crippen LogP contribution in [-0.2, 0) is 5.33 Å².